The van der Waals surface area contributed by atoms with Crippen LogP contribution in [0.1, 0.15) is 25.3 Å². The molecule has 3 nitrogen and oxygen atoms in total. The molecule has 2 aromatic rings. The van der Waals surface area contributed by atoms with E-state index in [9.17, 15) is 4.79 Å². The number of aromatic nitrogens is 2. The lowest BCUT2D eigenvalue weighted by atomic mass is 10.1. The van der Waals surface area contributed by atoms with Gasteiger partial charge >= 0.3 is 0 Å². The highest BCUT2D eigenvalue weighted by Crippen LogP contribution is 2.20. The smallest absolute Gasteiger partial charge is 0.267 e. The predicted molar refractivity (Wildman–Crippen MR) is 70.1 cm³/mol. The third-order valence-electron chi connectivity index (χ3n) is 2.98. The fourth-order valence-corrected chi connectivity index (χ4v) is 2.02. The number of aryl methyl sites for hydroxylation is 1. The predicted octanol–water partition coefficient (Wildman–Crippen LogP) is 2.95. The Labute approximate surface area is 101 Å². The summed E-state index contributed by atoms with van der Waals surface area (Å²) in [7, 11) is 0. The van der Waals surface area contributed by atoms with Crippen molar-refractivity contribution < 1.29 is 0 Å². The summed E-state index contributed by atoms with van der Waals surface area (Å²) in [4.78, 5) is 11.7. The first-order chi connectivity index (χ1) is 8.24. The second kappa shape index (κ2) is 5.04. The molecule has 3 heteroatoms. The van der Waals surface area contributed by atoms with E-state index in [1.807, 2.05) is 41.9 Å². The van der Waals surface area contributed by atoms with Crippen LogP contribution in [-0.4, -0.2) is 9.78 Å². The maximum absolute atomic E-state index is 11.7. The Kier molecular flexibility index (Phi) is 3.47. The van der Waals surface area contributed by atoms with Gasteiger partial charge in [-0.25, -0.2) is 0 Å². The van der Waals surface area contributed by atoms with Crippen molar-refractivity contribution in [3.63, 3.8) is 0 Å². The minimum Gasteiger partial charge on any atom is -0.284 e. The van der Waals surface area contributed by atoms with Crippen molar-refractivity contribution in [3.05, 3.63) is 46.2 Å². The van der Waals surface area contributed by atoms with Gasteiger partial charge in [0.05, 0.1) is 5.69 Å². The van der Waals surface area contributed by atoms with E-state index < -0.39 is 0 Å². The van der Waals surface area contributed by atoms with Crippen LogP contribution in [0.25, 0.3) is 11.3 Å². The molecule has 1 aromatic carbocycles. The lowest BCUT2D eigenvalue weighted by Crippen LogP contribution is -2.07. The normalized spacial score (nSPS) is 10.7. The number of benzene rings is 1. The summed E-state index contributed by atoms with van der Waals surface area (Å²) in [6.45, 7) is 4.89. The maximum Gasteiger partial charge on any atom is 0.267 e. The van der Waals surface area contributed by atoms with Gasteiger partial charge in [-0.2, -0.15) is 0 Å². The molecule has 0 atom stereocenters. The van der Waals surface area contributed by atoms with Crippen molar-refractivity contribution in [3.8, 4) is 11.3 Å². The molecule has 17 heavy (non-hydrogen) atoms. The molecule has 0 spiro atoms. The second-order valence-corrected chi connectivity index (χ2v) is 4.29. The van der Waals surface area contributed by atoms with E-state index in [4.69, 9.17) is 0 Å². The Morgan fingerprint density at radius 1 is 1.24 bits per heavy atom. The fourth-order valence-electron chi connectivity index (χ4n) is 2.02. The van der Waals surface area contributed by atoms with Crippen molar-refractivity contribution in [2.24, 2.45) is 0 Å². The zero-order valence-corrected chi connectivity index (χ0v) is 10.4. The molecule has 0 aliphatic heterocycles. The number of nitrogens with zero attached hydrogens (tertiary/aromatic N) is 1. The highest BCUT2D eigenvalue weighted by Gasteiger charge is 2.11. The number of rotatable bonds is 4. The molecule has 0 saturated heterocycles. The van der Waals surface area contributed by atoms with Gasteiger partial charge in [0.2, 0.25) is 0 Å². The third-order valence-corrected chi connectivity index (χ3v) is 2.98. The average molecular weight is 230 g/mol. The van der Waals surface area contributed by atoms with Gasteiger partial charge in [-0.05, 0) is 13.3 Å². The van der Waals surface area contributed by atoms with Crippen LogP contribution in [0.4, 0.5) is 0 Å². The molecule has 0 radical (unpaired) electrons. The first-order valence-electron chi connectivity index (χ1n) is 6.09. The standard InChI is InChI=1S/C14H18N2O/c1-3-4-10-16-13(11(2)14(17)15-16)12-8-6-5-7-9-12/h5-9H,3-4,10H2,1-2H3,(H,15,17). The minimum atomic E-state index is 0.0138. The van der Waals surface area contributed by atoms with E-state index >= 15 is 0 Å². The van der Waals surface area contributed by atoms with E-state index in [1.165, 1.54) is 0 Å². The van der Waals surface area contributed by atoms with Gasteiger partial charge in [-0.15, -0.1) is 0 Å². The first-order valence-corrected chi connectivity index (χ1v) is 6.09. The van der Waals surface area contributed by atoms with Gasteiger partial charge in [0.1, 0.15) is 0 Å². The van der Waals surface area contributed by atoms with Crippen molar-refractivity contribution in [1.29, 1.82) is 0 Å². The van der Waals surface area contributed by atoms with Crippen LogP contribution >= 0.6 is 0 Å². The minimum absolute atomic E-state index is 0.0138. The van der Waals surface area contributed by atoms with Crippen LogP contribution in [0.5, 0.6) is 0 Å². The Morgan fingerprint density at radius 2 is 1.94 bits per heavy atom. The van der Waals surface area contributed by atoms with E-state index in [0.29, 0.717) is 0 Å². The second-order valence-electron chi connectivity index (χ2n) is 4.29. The topological polar surface area (TPSA) is 37.8 Å². The molecule has 1 N–H and O–H groups in total. The van der Waals surface area contributed by atoms with Crippen molar-refractivity contribution in [2.75, 3.05) is 0 Å². The number of hydrogen-bond donors (Lipinski definition) is 1. The van der Waals surface area contributed by atoms with Gasteiger partial charge in [-0.3, -0.25) is 14.6 Å². The summed E-state index contributed by atoms with van der Waals surface area (Å²) in [6.07, 6.45) is 2.19. The maximum atomic E-state index is 11.7. The van der Waals surface area contributed by atoms with Crippen LogP contribution in [0.15, 0.2) is 35.1 Å². The number of unbranched alkanes of at least 4 members (excludes halogenated alkanes) is 1. The summed E-state index contributed by atoms with van der Waals surface area (Å²) in [5.41, 5.74) is 2.93. The lowest BCUT2D eigenvalue weighted by Gasteiger charge is -2.08. The highest BCUT2D eigenvalue weighted by atomic mass is 16.1. The summed E-state index contributed by atoms with van der Waals surface area (Å²) in [5, 5.41) is 2.91. The van der Waals surface area contributed by atoms with E-state index in [-0.39, 0.29) is 5.56 Å². The molecule has 0 fully saturated rings. The van der Waals surface area contributed by atoms with Crippen molar-refractivity contribution in [2.45, 2.75) is 33.2 Å². The summed E-state index contributed by atoms with van der Waals surface area (Å²) >= 11 is 0. The molecular formula is C14H18N2O. The zero-order chi connectivity index (χ0) is 12.3. The largest absolute Gasteiger partial charge is 0.284 e. The van der Waals surface area contributed by atoms with Crippen LogP contribution in [0.2, 0.25) is 0 Å². The van der Waals surface area contributed by atoms with Crippen molar-refractivity contribution in [1.82, 2.24) is 9.78 Å². The quantitative estimate of drug-likeness (QED) is 0.861. The SMILES string of the molecule is CCCCn1[nH]c(=O)c(C)c1-c1ccccc1. The summed E-state index contributed by atoms with van der Waals surface area (Å²) in [5.74, 6) is 0. The van der Waals surface area contributed by atoms with Gasteiger partial charge in [0.15, 0.2) is 0 Å². The van der Waals surface area contributed by atoms with E-state index in [0.717, 1.165) is 36.2 Å². The van der Waals surface area contributed by atoms with Crippen LogP contribution in [-0.2, 0) is 6.54 Å². The summed E-state index contributed by atoms with van der Waals surface area (Å²) in [6, 6.07) is 10.1. The highest BCUT2D eigenvalue weighted by molar-refractivity contribution is 5.62. The number of H-pyrrole nitrogens is 1. The molecule has 0 aliphatic carbocycles. The third kappa shape index (κ3) is 2.33. The fraction of sp³-hybridized carbons (Fsp3) is 0.357. The monoisotopic (exact) mass is 230 g/mol. The molecule has 1 aromatic heterocycles. The van der Waals surface area contributed by atoms with Crippen LogP contribution in [0.3, 0.4) is 0 Å². The van der Waals surface area contributed by atoms with Crippen LogP contribution in [0, 0.1) is 6.92 Å². The van der Waals surface area contributed by atoms with Crippen LogP contribution < -0.4 is 5.56 Å². The lowest BCUT2D eigenvalue weighted by molar-refractivity contribution is 0.573. The molecule has 0 unspecified atom stereocenters. The van der Waals surface area contributed by atoms with E-state index in [2.05, 4.69) is 12.0 Å². The van der Waals surface area contributed by atoms with E-state index in [1.54, 1.807) is 0 Å². The molecule has 90 valence electrons. The Bertz CT molecular complexity index is 537. The number of nitrogens with one attached hydrogen (secondary N) is 1. The first kappa shape index (κ1) is 11.7. The zero-order valence-electron chi connectivity index (χ0n) is 10.4. The molecule has 0 bridgehead atoms. The number of hydrogen-bond acceptors (Lipinski definition) is 1. The molecule has 1 heterocycles. The van der Waals surface area contributed by atoms with Gasteiger partial charge in [-0.1, -0.05) is 43.7 Å². The van der Waals surface area contributed by atoms with Crippen molar-refractivity contribution >= 4 is 0 Å². The summed E-state index contributed by atoms with van der Waals surface area (Å²) < 4.78 is 1.97. The number of aromatic amines is 1. The van der Waals surface area contributed by atoms with Gasteiger partial charge < -0.3 is 0 Å². The van der Waals surface area contributed by atoms with Gasteiger partial charge in [0, 0.05) is 17.7 Å². The molecule has 0 saturated carbocycles. The Balaban J connectivity index is 2.48. The average Bonchev–Trinajstić information content (AvgIpc) is 2.64. The Morgan fingerprint density at radius 3 is 2.59 bits per heavy atom. The Hall–Kier alpha value is -1.77. The molecular weight excluding hydrogens is 212 g/mol. The molecule has 0 amide bonds. The van der Waals surface area contributed by atoms with Gasteiger partial charge in [0.25, 0.3) is 5.56 Å². The molecule has 2 rings (SSSR count). The molecule has 0 aliphatic rings.